The zero-order valence-electron chi connectivity index (χ0n) is 19.1. The molecule has 1 fully saturated rings. The average molecular weight is 459 g/mol. The fraction of sp³-hybridized carbons (Fsp3) is 0.346. The molecule has 0 amide bonds. The molecule has 0 radical (unpaired) electrons. The van der Waals surface area contributed by atoms with Gasteiger partial charge in [0.05, 0.1) is 19.8 Å². The maximum Gasteiger partial charge on any atom is 0.253 e. The van der Waals surface area contributed by atoms with Crippen LogP contribution in [0.3, 0.4) is 0 Å². The van der Waals surface area contributed by atoms with E-state index in [1.807, 2.05) is 43.3 Å². The third-order valence-corrected chi connectivity index (χ3v) is 6.45. The molecule has 0 bridgehead atoms. The summed E-state index contributed by atoms with van der Waals surface area (Å²) >= 11 is 0. The molecule has 0 unspecified atom stereocenters. The van der Waals surface area contributed by atoms with Gasteiger partial charge in [-0.2, -0.15) is 0 Å². The average Bonchev–Trinajstić information content (AvgIpc) is 3.56. The molecule has 34 heavy (non-hydrogen) atoms. The number of fused-ring (bicyclic) bond motifs is 1. The Morgan fingerprint density at radius 1 is 0.971 bits per heavy atom. The highest BCUT2D eigenvalue weighted by Gasteiger charge is 2.29. The van der Waals surface area contributed by atoms with Crippen molar-refractivity contribution < 1.29 is 18.4 Å². The second-order valence-electron chi connectivity index (χ2n) is 8.71. The molecule has 174 valence electrons. The van der Waals surface area contributed by atoms with Crippen LogP contribution in [0.1, 0.15) is 42.5 Å². The summed E-state index contributed by atoms with van der Waals surface area (Å²) in [5.41, 5.74) is 3.62. The van der Waals surface area contributed by atoms with Gasteiger partial charge in [0.15, 0.2) is 11.5 Å². The van der Waals surface area contributed by atoms with Crippen molar-refractivity contribution in [3.8, 4) is 34.2 Å². The Morgan fingerprint density at radius 2 is 1.82 bits per heavy atom. The van der Waals surface area contributed by atoms with Gasteiger partial charge in [0.1, 0.15) is 17.0 Å². The number of aryl methyl sites for hydroxylation is 1. The molecule has 0 saturated carbocycles. The van der Waals surface area contributed by atoms with E-state index in [1.54, 1.807) is 0 Å². The first-order valence-electron chi connectivity index (χ1n) is 11.7. The minimum absolute atomic E-state index is 0.268. The van der Waals surface area contributed by atoms with Gasteiger partial charge in [-0.3, -0.25) is 4.90 Å². The topological polar surface area (TPSA) is 86.7 Å². The van der Waals surface area contributed by atoms with Gasteiger partial charge < -0.3 is 18.4 Å². The first-order valence-corrected chi connectivity index (χ1v) is 11.7. The summed E-state index contributed by atoms with van der Waals surface area (Å²) in [6, 6.07) is 16.4. The Morgan fingerprint density at radius 3 is 2.71 bits per heavy atom. The van der Waals surface area contributed by atoms with Crippen molar-refractivity contribution in [2.75, 3.05) is 19.8 Å². The van der Waals surface area contributed by atoms with E-state index in [0.717, 1.165) is 48.4 Å². The SMILES string of the molecule is Cc1onc(-c2ccccc2)c1-c1nnc(CN2CCC[C@@H]2c2ccc3c(c2)OCCCO3)o1. The van der Waals surface area contributed by atoms with Gasteiger partial charge in [-0.1, -0.05) is 41.6 Å². The van der Waals surface area contributed by atoms with Gasteiger partial charge in [-0.15, -0.1) is 10.2 Å². The second-order valence-corrected chi connectivity index (χ2v) is 8.71. The minimum Gasteiger partial charge on any atom is -0.490 e. The molecule has 2 aliphatic rings. The number of nitrogens with zero attached hydrogens (tertiary/aromatic N) is 4. The van der Waals surface area contributed by atoms with E-state index in [1.165, 1.54) is 5.56 Å². The van der Waals surface area contributed by atoms with Crippen LogP contribution in [0.15, 0.2) is 57.5 Å². The molecule has 0 N–H and O–H groups in total. The van der Waals surface area contributed by atoms with Gasteiger partial charge in [0, 0.05) is 18.0 Å². The third-order valence-electron chi connectivity index (χ3n) is 6.45. The number of hydrogen-bond donors (Lipinski definition) is 0. The van der Waals surface area contributed by atoms with Crippen LogP contribution in [0, 0.1) is 6.92 Å². The van der Waals surface area contributed by atoms with Crippen LogP contribution in [0.2, 0.25) is 0 Å². The lowest BCUT2D eigenvalue weighted by Gasteiger charge is -2.24. The summed E-state index contributed by atoms with van der Waals surface area (Å²) in [5.74, 6) is 3.32. The lowest BCUT2D eigenvalue weighted by molar-refractivity contribution is 0.223. The standard InChI is InChI=1S/C26H26N4O4/c1-17-24(25(29-34-17)18-7-3-2-4-8-18)26-28-27-23(33-26)16-30-12-5-9-20(30)19-10-11-21-22(15-19)32-14-6-13-31-21/h2-4,7-8,10-11,15,20H,5-6,9,12-14,16H2,1H3/t20-/m1/s1. The summed E-state index contributed by atoms with van der Waals surface area (Å²) in [6.07, 6.45) is 3.09. The lowest BCUT2D eigenvalue weighted by atomic mass is 10.0. The van der Waals surface area contributed by atoms with Crippen molar-refractivity contribution in [3.63, 3.8) is 0 Å². The highest BCUT2D eigenvalue weighted by atomic mass is 16.5. The molecule has 1 saturated heterocycles. The zero-order valence-corrected chi connectivity index (χ0v) is 19.1. The van der Waals surface area contributed by atoms with E-state index in [-0.39, 0.29) is 6.04 Å². The van der Waals surface area contributed by atoms with Crippen molar-refractivity contribution in [3.05, 3.63) is 65.7 Å². The van der Waals surface area contributed by atoms with Gasteiger partial charge >= 0.3 is 0 Å². The van der Waals surface area contributed by atoms with E-state index >= 15 is 0 Å². The summed E-state index contributed by atoms with van der Waals surface area (Å²) in [7, 11) is 0. The Kier molecular flexibility index (Phi) is 5.50. The largest absolute Gasteiger partial charge is 0.490 e. The molecule has 2 aromatic carbocycles. The highest BCUT2D eigenvalue weighted by Crippen LogP contribution is 2.39. The molecular formula is C26H26N4O4. The molecule has 0 aliphatic carbocycles. The van der Waals surface area contributed by atoms with Gasteiger partial charge in [0.2, 0.25) is 5.89 Å². The first-order chi connectivity index (χ1) is 16.8. The molecule has 1 atom stereocenters. The van der Waals surface area contributed by atoms with Crippen molar-refractivity contribution in [2.24, 2.45) is 0 Å². The normalized spacial score (nSPS) is 18.2. The van der Waals surface area contributed by atoms with Crippen molar-refractivity contribution in [1.29, 1.82) is 0 Å². The van der Waals surface area contributed by atoms with E-state index < -0.39 is 0 Å². The summed E-state index contributed by atoms with van der Waals surface area (Å²) in [4.78, 5) is 2.38. The van der Waals surface area contributed by atoms with Crippen LogP contribution in [-0.4, -0.2) is 40.0 Å². The van der Waals surface area contributed by atoms with Crippen molar-refractivity contribution in [1.82, 2.24) is 20.3 Å². The molecule has 4 heterocycles. The molecule has 2 aliphatic heterocycles. The minimum atomic E-state index is 0.268. The Balaban J connectivity index is 1.23. The fourth-order valence-electron chi connectivity index (χ4n) is 4.79. The van der Waals surface area contributed by atoms with Crippen LogP contribution in [-0.2, 0) is 6.54 Å². The van der Waals surface area contributed by atoms with Crippen LogP contribution >= 0.6 is 0 Å². The predicted molar refractivity (Wildman–Crippen MR) is 124 cm³/mol. The molecular weight excluding hydrogens is 432 g/mol. The van der Waals surface area contributed by atoms with E-state index in [0.29, 0.717) is 43.0 Å². The number of benzene rings is 2. The number of hydrogen-bond acceptors (Lipinski definition) is 8. The quantitative estimate of drug-likeness (QED) is 0.403. The first kappa shape index (κ1) is 20.9. The third kappa shape index (κ3) is 3.94. The monoisotopic (exact) mass is 458 g/mol. The zero-order chi connectivity index (χ0) is 22.9. The summed E-state index contributed by atoms with van der Waals surface area (Å²) in [5, 5.41) is 12.9. The number of likely N-dealkylation sites (tertiary alicyclic amines) is 1. The number of aromatic nitrogens is 3. The maximum atomic E-state index is 6.12. The molecule has 2 aromatic heterocycles. The van der Waals surface area contributed by atoms with Crippen LogP contribution in [0.25, 0.3) is 22.7 Å². The molecule has 8 heteroatoms. The summed E-state index contributed by atoms with van der Waals surface area (Å²) < 4.78 is 23.3. The number of ether oxygens (including phenoxy) is 2. The van der Waals surface area contributed by atoms with Crippen LogP contribution in [0.4, 0.5) is 0 Å². The van der Waals surface area contributed by atoms with Gasteiger partial charge in [-0.05, 0) is 44.0 Å². The second kappa shape index (κ2) is 8.95. The van der Waals surface area contributed by atoms with Crippen LogP contribution in [0.5, 0.6) is 11.5 Å². The van der Waals surface area contributed by atoms with Crippen molar-refractivity contribution >= 4 is 0 Å². The van der Waals surface area contributed by atoms with Gasteiger partial charge in [0.25, 0.3) is 5.89 Å². The molecule has 0 spiro atoms. The van der Waals surface area contributed by atoms with E-state index in [2.05, 4.69) is 32.4 Å². The Bertz CT molecular complexity index is 1280. The maximum absolute atomic E-state index is 6.12. The fourth-order valence-corrected chi connectivity index (χ4v) is 4.79. The predicted octanol–water partition coefficient (Wildman–Crippen LogP) is 5.20. The smallest absolute Gasteiger partial charge is 0.253 e. The van der Waals surface area contributed by atoms with E-state index in [4.69, 9.17) is 18.4 Å². The lowest BCUT2D eigenvalue weighted by Crippen LogP contribution is -2.23. The highest BCUT2D eigenvalue weighted by molar-refractivity contribution is 5.77. The number of rotatable bonds is 5. The van der Waals surface area contributed by atoms with Crippen LogP contribution < -0.4 is 9.47 Å². The Labute approximate surface area is 197 Å². The molecule has 6 rings (SSSR count). The Hall–Kier alpha value is -3.65. The van der Waals surface area contributed by atoms with E-state index in [9.17, 15) is 0 Å². The molecule has 4 aromatic rings. The van der Waals surface area contributed by atoms with Gasteiger partial charge in [-0.25, -0.2) is 0 Å². The molecule has 8 nitrogen and oxygen atoms in total. The van der Waals surface area contributed by atoms with Crippen molar-refractivity contribution in [2.45, 2.75) is 38.8 Å². The summed E-state index contributed by atoms with van der Waals surface area (Å²) in [6.45, 7) is 4.79.